The Morgan fingerprint density at radius 1 is 1.20 bits per heavy atom. The maximum atomic E-state index is 6.15. The average molecular weight is 225 g/mol. The summed E-state index contributed by atoms with van der Waals surface area (Å²) in [5.74, 6) is 0. The van der Waals surface area contributed by atoms with Crippen LogP contribution in [-0.2, 0) is 4.74 Å². The highest BCUT2D eigenvalue weighted by Gasteiger charge is 2.20. The number of piperidine rings is 1. The third-order valence-corrected chi connectivity index (χ3v) is 3.12. The Balaban J connectivity index is 2.04. The minimum atomic E-state index is 0.832. The largest absolute Gasteiger partial charge is 0.375 e. The predicted octanol–water partition coefficient (Wildman–Crippen LogP) is 3.12. The summed E-state index contributed by atoms with van der Waals surface area (Å²) in [6.07, 6.45) is 3.20. The van der Waals surface area contributed by atoms with Crippen molar-refractivity contribution in [3.8, 4) is 0 Å². The fourth-order valence-electron chi connectivity index (χ4n) is 1.91. The molecule has 0 aromatic heterocycles. The normalized spacial score (nSPS) is 18.1. The van der Waals surface area contributed by atoms with Gasteiger partial charge in [-0.05, 0) is 25.0 Å². The van der Waals surface area contributed by atoms with Gasteiger partial charge in [0.15, 0.2) is 0 Å². The molecule has 81 valence electrons. The van der Waals surface area contributed by atoms with Gasteiger partial charge >= 0.3 is 0 Å². The Morgan fingerprint density at radius 3 is 2.47 bits per heavy atom. The molecule has 1 aromatic carbocycles. The lowest BCUT2D eigenvalue weighted by Gasteiger charge is -2.32. The fraction of sp³-hybridized carbons (Fsp3) is 0.417. The molecule has 0 amide bonds. The van der Waals surface area contributed by atoms with Crippen molar-refractivity contribution in [1.82, 2.24) is 0 Å². The third-order valence-electron chi connectivity index (χ3n) is 2.80. The van der Waals surface area contributed by atoms with Crippen LogP contribution in [0.2, 0.25) is 5.02 Å². The maximum absolute atomic E-state index is 6.15. The van der Waals surface area contributed by atoms with E-state index < -0.39 is 0 Å². The summed E-state index contributed by atoms with van der Waals surface area (Å²) < 4.78 is 5.26. The van der Waals surface area contributed by atoms with E-state index in [2.05, 4.69) is 11.0 Å². The van der Waals surface area contributed by atoms with Crippen LogP contribution >= 0.6 is 11.6 Å². The molecule has 0 atom stereocenters. The Labute approximate surface area is 95.8 Å². The molecule has 0 spiro atoms. The summed E-state index contributed by atoms with van der Waals surface area (Å²) >= 11 is 6.15. The number of para-hydroxylation sites is 1. The minimum absolute atomic E-state index is 0.832. The van der Waals surface area contributed by atoms with E-state index in [1.54, 1.807) is 7.11 Å². The van der Waals surface area contributed by atoms with E-state index in [1.807, 2.05) is 18.2 Å². The molecule has 0 aliphatic carbocycles. The molecule has 1 aliphatic rings. The molecule has 0 bridgehead atoms. The van der Waals surface area contributed by atoms with Gasteiger partial charge in [0.2, 0.25) is 0 Å². The number of benzene rings is 1. The number of anilines is 1. The van der Waals surface area contributed by atoms with Crippen LogP contribution < -0.4 is 4.90 Å². The van der Waals surface area contributed by atoms with Gasteiger partial charge < -0.3 is 9.64 Å². The first-order chi connectivity index (χ1) is 7.31. The lowest BCUT2D eigenvalue weighted by molar-refractivity contribution is 0.177. The van der Waals surface area contributed by atoms with E-state index in [-0.39, 0.29) is 0 Å². The Morgan fingerprint density at radius 2 is 1.87 bits per heavy atom. The highest BCUT2D eigenvalue weighted by molar-refractivity contribution is 6.33. The summed E-state index contributed by atoms with van der Waals surface area (Å²) in [5, 5.41) is 0.832. The van der Waals surface area contributed by atoms with Gasteiger partial charge in [-0.1, -0.05) is 23.7 Å². The first-order valence-electron chi connectivity index (χ1n) is 5.19. The van der Waals surface area contributed by atoms with Gasteiger partial charge in [-0.25, -0.2) is 0 Å². The van der Waals surface area contributed by atoms with E-state index >= 15 is 0 Å². The molecule has 1 heterocycles. The van der Waals surface area contributed by atoms with Crippen LogP contribution in [0.1, 0.15) is 12.8 Å². The molecule has 1 saturated heterocycles. The van der Waals surface area contributed by atoms with Crippen molar-refractivity contribution in [2.75, 3.05) is 25.1 Å². The van der Waals surface area contributed by atoms with Gasteiger partial charge in [-0.3, -0.25) is 0 Å². The molecule has 0 saturated carbocycles. The van der Waals surface area contributed by atoms with Crippen molar-refractivity contribution in [3.63, 3.8) is 0 Å². The number of ether oxygens (including phenoxy) is 1. The van der Waals surface area contributed by atoms with Crippen LogP contribution in [0.4, 0.5) is 5.69 Å². The van der Waals surface area contributed by atoms with E-state index in [1.165, 1.54) is 6.10 Å². The number of rotatable bonds is 2. The molecule has 3 heteroatoms. The first-order valence-corrected chi connectivity index (χ1v) is 5.57. The van der Waals surface area contributed by atoms with Crippen molar-refractivity contribution in [2.45, 2.75) is 12.8 Å². The molecule has 2 nitrogen and oxygen atoms in total. The Kier molecular flexibility index (Phi) is 3.49. The monoisotopic (exact) mass is 224 g/mol. The smallest absolute Gasteiger partial charge is 0.100 e. The molecular formula is C12H15ClNO. The zero-order valence-corrected chi connectivity index (χ0v) is 9.63. The number of nitrogens with zero attached hydrogens (tertiary/aromatic N) is 1. The second kappa shape index (κ2) is 4.86. The van der Waals surface area contributed by atoms with Crippen LogP contribution in [0.25, 0.3) is 0 Å². The van der Waals surface area contributed by atoms with Gasteiger partial charge in [-0.15, -0.1) is 0 Å². The molecule has 2 rings (SSSR count). The zero-order chi connectivity index (χ0) is 10.7. The van der Waals surface area contributed by atoms with Gasteiger partial charge in [-0.2, -0.15) is 0 Å². The van der Waals surface area contributed by atoms with Gasteiger partial charge in [0.05, 0.1) is 10.7 Å². The highest BCUT2D eigenvalue weighted by Crippen LogP contribution is 2.29. The number of hydrogen-bond donors (Lipinski definition) is 0. The number of hydrogen-bond acceptors (Lipinski definition) is 2. The molecule has 1 fully saturated rings. The summed E-state index contributed by atoms with van der Waals surface area (Å²) in [6.45, 7) is 1.99. The lowest BCUT2D eigenvalue weighted by Crippen LogP contribution is -2.33. The molecule has 0 unspecified atom stereocenters. The van der Waals surface area contributed by atoms with Crippen molar-refractivity contribution in [3.05, 3.63) is 35.4 Å². The molecule has 0 N–H and O–H groups in total. The molecule has 15 heavy (non-hydrogen) atoms. The maximum Gasteiger partial charge on any atom is 0.100 e. The van der Waals surface area contributed by atoms with Crippen molar-refractivity contribution < 1.29 is 4.74 Å². The topological polar surface area (TPSA) is 12.5 Å². The van der Waals surface area contributed by atoms with E-state index in [0.29, 0.717) is 0 Å². The average Bonchev–Trinajstić information content (AvgIpc) is 2.30. The van der Waals surface area contributed by atoms with Crippen LogP contribution in [0.5, 0.6) is 0 Å². The number of methoxy groups -OCH3 is 1. The SMILES string of the molecule is CO[C]1CCN(c2ccccc2Cl)CC1. The van der Waals surface area contributed by atoms with Crippen molar-refractivity contribution in [1.29, 1.82) is 0 Å². The van der Waals surface area contributed by atoms with Gasteiger partial charge in [0.1, 0.15) is 6.10 Å². The molecule has 1 aliphatic heterocycles. The van der Waals surface area contributed by atoms with Crippen molar-refractivity contribution in [2.24, 2.45) is 0 Å². The third kappa shape index (κ3) is 2.44. The standard InChI is InChI=1S/C12H15ClNO/c1-15-10-6-8-14(9-7-10)12-5-3-2-4-11(12)13/h2-5H,6-9H2,1H3. The molecular weight excluding hydrogens is 210 g/mol. The van der Waals surface area contributed by atoms with E-state index in [0.717, 1.165) is 36.6 Å². The van der Waals surface area contributed by atoms with Crippen LogP contribution in [0.3, 0.4) is 0 Å². The zero-order valence-electron chi connectivity index (χ0n) is 8.87. The summed E-state index contributed by atoms with van der Waals surface area (Å²) in [4.78, 5) is 2.31. The van der Waals surface area contributed by atoms with Crippen molar-refractivity contribution >= 4 is 17.3 Å². The highest BCUT2D eigenvalue weighted by atomic mass is 35.5. The van der Waals surface area contributed by atoms with Gasteiger partial charge in [0.25, 0.3) is 0 Å². The van der Waals surface area contributed by atoms with E-state index in [9.17, 15) is 0 Å². The lowest BCUT2D eigenvalue weighted by atomic mass is 10.1. The quantitative estimate of drug-likeness (QED) is 0.766. The number of halogens is 1. The summed E-state index contributed by atoms with van der Waals surface area (Å²) in [5.41, 5.74) is 1.13. The minimum Gasteiger partial charge on any atom is -0.375 e. The second-order valence-electron chi connectivity index (χ2n) is 3.68. The summed E-state index contributed by atoms with van der Waals surface area (Å²) in [6, 6.07) is 7.99. The first kappa shape index (κ1) is 10.8. The van der Waals surface area contributed by atoms with Gasteiger partial charge in [0, 0.05) is 20.2 Å². The fourth-order valence-corrected chi connectivity index (χ4v) is 2.16. The van der Waals surface area contributed by atoms with Crippen LogP contribution in [-0.4, -0.2) is 20.2 Å². The van der Waals surface area contributed by atoms with Crippen LogP contribution in [0.15, 0.2) is 24.3 Å². The Hall–Kier alpha value is -0.730. The predicted molar refractivity (Wildman–Crippen MR) is 63.2 cm³/mol. The Bertz CT molecular complexity index is 321. The van der Waals surface area contributed by atoms with Crippen LogP contribution in [0, 0.1) is 6.10 Å². The molecule has 1 radical (unpaired) electrons. The molecule has 1 aromatic rings. The summed E-state index contributed by atoms with van der Waals surface area (Å²) in [7, 11) is 1.75. The van der Waals surface area contributed by atoms with E-state index in [4.69, 9.17) is 16.3 Å². The second-order valence-corrected chi connectivity index (χ2v) is 4.09.